The average Bonchev–Trinajstić information content (AvgIpc) is 2.64. The third-order valence-corrected chi connectivity index (χ3v) is 3.58. The zero-order valence-corrected chi connectivity index (χ0v) is 9.31. The molecule has 1 aromatic rings. The van der Waals surface area contributed by atoms with Crippen LogP contribution in [0.25, 0.3) is 0 Å². The molecule has 1 aliphatic rings. The first-order chi connectivity index (χ1) is 7.47. The van der Waals surface area contributed by atoms with E-state index >= 15 is 0 Å². The summed E-state index contributed by atoms with van der Waals surface area (Å²) in [4.78, 5) is 1.72. The lowest BCUT2D eigenvalue weighted by molar-refractivity contribution is -0.175. The predicted octanol–water partition coefficient (Wildman–Crippen LogP) is 2.50. The predicted molar refractivity (Wildman–Crippen MR) is 57.5 cm³/mol. The van der Waals surface area contributed by atoms with E-state index in [1.54, 1.807) is 11.0 Å². The van der Waals surface area contributed by atoms with Gasteiger partial charge in [-0.2, -0.15) is 17.5 Å². The Bertz CT molecular complexity index is 363. The van der Waals surface area contributed by atoms with Crippen molar-refractivity contribution in [3.63, 3.8) is 0 Å². The number of anilines is 2. The van der Waals surface area contributed by atoms with Crippen LogP contribution in [-0.2, 0) is 0 Å². The molecule has 1 unspecified atom stereocenters. The second-order valence-electron chi connectivity index (χ2n) is 3.92. The maximum Gasteiger partial charge on any atom is 0.393 e. The van der Waals surface area contributed by atoms with Crippen molar-refractivity contribution in [2.24, 2.45) is 5.92 Å². The summed E-state index contributed by atoms with van der Waals surface area (Å²) in [5.74, 6) is -0.862. The summed E-state index contributed by atoms with van der Waals surface area (Å²) in [7, 11) is 0. The van der Waals surface area contributed by atoms with Crippen LogP contribution in [-0.4, -0.2) is 23.6 Å². The van der Waals surface area contributed by atoms with E-state index in [-0.39, 0.29) is 13.0 Å². The van der Waals surface area contributed by atoms with Crippen LogP contribution >= 0.6 is 11.5 Å². The zero-order valence-electron chi connectivity index (χ0n) is 8.50. The molecule has 1 fully saturated rings. The summed E-state index contributed by atoms with van der Waals surface area (Å²) in [6.07, 6.45) is -3.33. The van der Waals surface area contributed by atoms with E-state index in [0.717, 1.165) is 16.5 Å². The monoisotopic (exact) mass is 251 g/mol. The fourth-order valence-corrected chi connectivity index (χ4v) is 2.58. The number of hydrogen-bond donors (Lipinski definition) is 1. The van der Waals surface area contributed by atoms with E-state index in [1.807, 2.05) is 0 Å². The molecule has 2 heterocycles. The number of nitrogen functional groups attached to an aromatic ring is 1. The normalized spacial score (nSPS) is 22.4. The van der Waals surface area contributed by atoms with E-state index in [0.29, 0.717) is 18.8 Å². The fraction of sp³-hybridized carbons (Fsp3) is 0.667. The third-order valence-electron chi connectivity index (χ3n) is 2.71. The van der Waals surface area contributed by atoms with Gasteiger partial charge in [0.15, 0.2) is 0 Å². The number of halogens is 3. The van der Waals surface area contributed by atoms with Crippen molar-refractivity contribution in [2.75, 3.05) is 23.7 Å². The number of nitrogens with two attached hydrogens (primary N) is 1. The molecule has 0 amide bonds. The molecule has 7 heteroatoms. The minimum atomic E-state index is -4.10. The highest BCUT2D eigenvalue weighted by atomic mass is 32.1. The fourth-order valence-electron chi connectivity index (χ4n) is 1.87. The highest BCUT2D eigenvalue weighted by Crippen LogP contribution is 2.36. The molecule has 0 radical (unpaired) electrons. The van der Waals surface area contributed by atoms with Crippen molar-refractivity contribution in [3.05, 3.63) is 6.07 Å². The highest BCUT2D eigenvalue weighted by Gasteiger charge is 2.42. The highest BCUT2D eigenvalue weighted by molar-refractivity contribution is 7.10. The Kier molecular flexibility index (Phi) is 2.96. The van der Waals surface area contributed by atoms with Crippen LogP contribution in [0.5, 0.6) is 0 Å². The molecular weight excluding hydrogens is 239 g/mol. The second-order valence-corrected chi connectivity index (χ2v) is 4.70. The lowest BCUT2D eigenvalue weighted by Crippen LogP contribution is -2.41. The van der Waals surface area contributed by atoms with Gasteiger partial charge >= 0.3 is 6.18 Å². The minimum Gasteiger partial charge on any atom is -0.383 e. The van der Waals surface area contributed by atoms with E-state index in [9.17, 15) is 13.2 Å². The third kappa shape index (κ3) is 2.40. The van der Waals surface area contributed by atoms with Gasteiger partial charge in [0.25, 0.3) is 0 Å². The molecule has 3 nitrogen and oxygen atoms in total. The molecule has 90 valence electrons. The molecule has 16 heavy (non-hydrogen) atoms. The van der Waals surface area contributed by atoms with Crippen LogP contribution in [0.2, 0.25) is 0 Å². The largest absolute Gasteiger partial charge is 0.393 e. The van der Waals surface area contributed by atoms with Gasteiger partial charge in [-0.25, -0.2) is 0 Å². The molecule has 2 rings (SSSR count). The molecule has 1 aromatic heterocycles. The van der Waals surface area contributed by atoms with Crippen LogP contribution in [0, 0.1) is 5.92 Å². The molecule has 1 saturated heterocycles. The van der Waals surface area contributed by atoms with Crippen molar-refractivity contribution >= 4 is 22.4 Å². The topological polar surface area (TPSA) is 42.1 Å². The molecule has 0 aromatic carbocycles. The van der Waals surface area contributed by atoms with Crippen LogP contribution in [0.1, 0.15) is 12.8 Å². The SMILES string of the molecule is Nc1cc(N2CCCC(C(F)(F)F)C2)sn1. The Balaban J connectivity index is 2.07. The van der Waals surface area contributed by atoms with Gasteiger partial charge in [0.2, 0.25) is 0 Å². The van der Waals surface area contributed by atoms with Gasteiger partial charge in [-0.05, 0) is 24.4 Å². The molecule has 1 atom stereocenters. The molecule has 2 N–H and O–H groups in total. The van der Waals surface area contributed by atoms with E-state index < -0.39 is 12.1 Å². The molecule has 0 aliphatic carbocycles. The van der Waals surface area contributed by atoms with Gasteiger partial charge in [0.1, 0.15) is 10.8 Å². The Morgan fingerprint density at radius 1 is 1.50 bits per heavy atom. The Morgan fingerprint density at radius 3 is 2.81 bits per heavy atom. The van der Waals surface area contributed by atoms with Gasteiger partial charge < -0.3 is 10.6 Å². The average molecular weight is 251 g/mol. The van der Waals surface area contributed by atoms with E-state index in [2.05, 4.69) is 4.37 Å². The summed E-state index contributed by atoms with van der Waals surface area (Å²) >= 11 is 1.15. The lowest BCUT2D eigenvalue weighted by Gasteiger charge is -2.33. The van der Waals surface area contributed by atoms with Gasteiger partial charge in [0.05, 0.1) is 5.92 Å². The maximum absolute atomic E-state index is 12.6. The number of nitrogens with zero attached hydrogens (tertiary/aromatic N) is 2. The van der Waals surface area contributed by atoms with Crippen molar-refractivity contribution in [1.82, 2.24) is 4.37 Å². The van der Waals surface area contributed by atoms with Gasteiger partial charge in [0, 0.05) is 19.2 Å². The Morgan fingerprint density at radius 2 is 2.25 bits per heavy atom. The van der Waals surface area contributed by atoms with Crippen LogP contribution in [0.3, 0.4) is 0 Å². The molecule has 0 spiro atoms. The van der Waals surface area contributed by atoms with E-state index in [4.69, 9.17) is 5.73 Å². The van der Waals surface area contributed by atoms with Gasteiger partial charge in [-0.15, -0.1) is 0 Å². The maximum atomic E-state index is 12.6. The molecule has 0 saturated carbocycles. The standard InChI is InChI=1S/C9H12F3N3S/c10-9(11,12)6-2-1-3-15(5-6)8-4-7(13)14-16-8/h4,6H,1-3,5H2,(H2,13,14). The summed E-state index contributed by atoms with van der Waals surface area (Å²) in [6, 6.07) is 1.63. The molecular formula is C9H12F3N3S. The number of aromatic nitrogens is 1. The summed E-state index contributed by atoms with van der Waals surface area (Å²) in [6.45, 7) is 0.666. The van der Waals surface area contributed by atoms with Crippen LogP contribution in [0.4, 0.5) is 24.0 Å². The molecule has 1 aliphatic heterocycles. The number of hydrogen-bond acceptors (Lipinski definition) is 4. The first kappa shape index (κ1) is 11.5. The van der Waals surface area contributed by atoms with Gasteiger partial charge in [-0.1, -0.05) is 0 Å². The zero-order chi connectivity index (χ0) is 11.8. The minimum absolute atomic E-state index is 0.0190. The summed E-state index contributed by atoms with van der Waals surface area (Å²) in [5.41, 5.74) is 5.46. The van der Waals surface area contributed by atoms with Crippen molar-refractivity contribution in [3.8, 4) is 0 Å². The Hall–Kier alpha value is -0.980. The van der Waals surface area contributed by atoms with Crippen molar-refractivity contribution < 1.29 is 13.2 Å². The van der Waals surface area contributed by atoms with E-state index in [1.165, 1.54) is 0 Å². The first-order valence-electron chi connectivity index (χ1n) is 5.00. The number of rotatable bonds is 1. The lowest BCUT2D eigenvalue weighted by atomic mass is 9.98. The second kappa shape index (κ2) is 4.12. The quantitative estimate of drug-likeness (QED) is 0.833. The summed E-state index contributed by atoms with van der Waals surface area (Å²) < 4.78 is 41.6. The number of alkyl halides is 3. The van der Waals surface area contributed by atoms with Crippen molar-refractivity contribution in [1.29, 1.82) is 0 Å². The Labute approximate surface area is 95.2 Å². The number of piperidine rings is 1. The smallest absolute Gasteiger partial charge is 0.383 e. The summed E-state index contributed by atoms with van der Waals surface area (Å²) in [5, 5.41) is 0.728. The van der Waals surface area contributed by atoms with Crippen LogP contribution in [0.15, 0.2) is 6.07 Å². The van der Waals surface area contributed by atoms with Gasteiger partial charge in [-0.3, -0.25) is 0 Å². The molecule has 0 bridgehead atoms. The van der Waals surface area contributed by atoms with Crippen molar-refractivity contribution in [2.45, 2.75) is 19.0 Å². The first-order valence-corrected chi connectivity index (χ1v) is 5.78. The van der Waals surface area contributed by atoms with Crippen LogP contribution < -0.4 is 10.6 Å².